The van der Waals surface area contributed by atoms with Crippen LogP contribution in [0.5, 0.6) is 5.75 Å². The number of aromatic nitrogens is 4. The Hall–Kier alpha value is -4.32. The molecular weight excluding hydrogens is 743 g/mol. The van der Waals surface area contributed by atoms with Gasteiger partial charge in [0.2, 0.25) is 0 Å². The van der Waals surface area contributed by atoms with Crippen molar-refractivity contribution in [3.05, 3.63) is 58.0 Å². The van der Waals surface area contributed by atoms with Crippen LogP contribution in [0.3, 0.4) is 0 Å². The average Bonchev–Trinajstić information content (AvgIpc) is 3.31. The third kappa shape index (κ3) is 10.5. The lowest BCUT2D eigenvalue weighted by Crippen LogP contribution is -2.38. The van der Waals surface area contributed by atoms with Crippen LogP contribution < -0.4 is 15.2 Å². The number of anilines is 1. The van der Waals surface area contributed by atoms with Crippen molar-refractivity contribution >= 4 is 32.4 Å². The first-order chi connectivity index (χ1) is 25.1. The maximum Gasteiger partial charge on any atom is 0.522 e. The Labute approximate surface area is 309 Å². The van der Waals surface area contributed by atoms with Gasteiger partial charge in [-0.05, 0) is 69.7 Å². The minimum Gasteiger partial charge on any atom is -0.443 e. The van der Waals surface area contributed by atoms with Crippen molar-refractivity contribution < 1.29 is 60.5 Å². The van der Waals surface area contributed by atoms with E-state index < -0.39 is 69.9 Å². The normalized spacial score (nSPS) is 19.5. The van der Waals surface area contributed by atoms with E-state index in [1.54, 1.807) is 26.8 Å². The lowest BCUT2D eigenvalue weighted by molar-refractivity contribution is -0.330. The lowest BCUT2D eigenvalue weighted by atomic mass is 9.78. The van der Waals surface area contributed by atoms with Crippen molar-refractivity contribution in [3.8, 4) is 5.75 Å². The smallest absolute Gasteiger partial charge is 0.443 e. The topological polar surface area (TPSA) is 188 Å². The molecule has 2 amide bonds. The molecule has 15 nitrogen and oxygen atoms in total. The minimum absolute atomic E-state index is 0.0137. The van der Waals surface area contributed by atoms with E-state index in [-0.39, 0.29) is 47.8 Å². The number of nitrogens with zero attached hydrogens (tertiary/aromatic N) is 4. The summed E-state index contributed by atoms with van der Waals surface area (Å²) in [6, 6.07) is 6.06. The number of ether oxygens (including phenoxy) is 3. The van der Waals surface area contributed by atoms with Gasteiger partial charge in [0.05, 0.1) is 17.8 Å². The highest BCUT2D eigenvalue weighted by molar-refractivity contribution is 7.39. The van der Waals surface area contributed by atoms with Crippen molar-refractivity contribution in [2.24, 2.45) is 7.05 Å². The van der Waals surface area contributed by atoms with Crippen molar-refractivity contribution in [1.82, 2.24) is 24.9 Å². The van der Waals surface area contributed by atoms with E-state index in [2.05, 4.69) is 25.6 Å². The zero-order valence-corrected chi connectivity index (χ0v) is 31.4. The summed E-state index contributed by atoms with van der Waals surface area (Å²) < 4.78 is 75.3. The van der Waals surface area contributed by atoms with E-state index in [9.17, 15) is 37.3 Å². The number of esters is 1. The predicted molar refractivity (Wildman–Crippen MR) is 184 cm³/mol. The van der Waals surface area contributed by atoms with Gasteiger partial charge in [-0.2, -0.15) is 10.2 Å². The van der Waals surface area contributed by atoms with E-state index >= 15 is 4.39 Å². The molecule has 3 atom stereocenters. The third-order valence-corrected chi connectivity index (χ3v) is 9.69. The number of aryl methyl sites for hydroxylation is 3. The Morgan fingerprint density at radius 3 is 2.43 bits per heavy atom. The molecule has 2 aromatic heterocycles. The molecule has 0 saturated heterocycles. The Kier molecular flexibility index (Phi) is 12.0. The Balaban J connectivity index is 1.34. The summed E-state index contributed by atoms with van der Waals surface area (Å²) in [5.74, 6) is -1.82. The molecule has 2 aliphatic carbocycles. The number of alkyl halides is 4. The molecule has 1 aromatic carbocycles. The molecule has 0 radical (unpaired) electrons. The molecule has 0 bridgehead atoms. The SMILES string of the molecule is Cc1cc(C)c(C(C)(C)CC(=O)OCn2nc(C3CC(F)C(OC(=O)NC4(C)CC4)C3)cc2NC(=O)c2cc(COC(F)(F)F)nn2C)c(OP(O)O)c1. The number of amides is 2. The molecule has 2 heterocycles. The largest absolute Gasteiger partial charge is 0.522 e. The third-order valence-electron chi connectivity index (χ3n) is 9.33. The molecule has 3 aromatic rings. The number of halogens is 4. The van der Waals surface area contributed by atoms with Crippen LogP contribution in [-0.2, 0) is 44.8 Å². The van der Waals surface area contributed by atoms with Gasteiger partial charge >= 0.3 is 27.0 Å². The van der Waals surface area contributed by atoms with Crippen molar-refractivity contribution in [2.45, 2.75) is 116 Å². The van der Waals surface area contributed by atoms with Gasteiger partial charge in [0, 0.05) is 35.5 Å². The molecule has 0 aliphatic heterocycles. The van der Waals surface area contributed by atoms with Crippen LogP contribution in [-0.4, -0.2) is 71.5 Å². The maximum atomic E-state index is 15.2. The van der Waals surface area contributed by atoms with Crippen molar-refractivity contribution in [1.29, 1.82) is 0 Å². The van der Waals surface area contributed by atoms with Crippen LogP contribution in [0.2, 0.25) is 0 Å². The van der Waals surface area contributed by atoms with Gasteiger partial charge in [-0.15, -0.1) is 13.2 Å². The molecule has 2 aliphatic rings. The summed E-state index contributed by atoms with van der Waals surface area (Å²) >= 11 is 0. The molecular formula is C34H43F4N6O9P. The highest BCUT2D eigenvalue weighted by Gasteiger charge is 2.43. The summed E-state index contributed by atoms with van der Waals surface area (Å²) in [5.41, 5.74) is 0.832. The number of hydrogen-bond acceptors (Lipinski definition) is 11. The Bertz CT molecular complexity index is 1880. The highest BCUT2D eigenvalue weighted by Crippen LogP contribution is 2.43. The molecule has 2 fully saturated rings. The van der Waals surface area contributed by atoms with E-state index in [0.29, 0.717) is 11.3 Å². The first-order valence-electron chi connectivity index (χ1n) is 17.0. The molecule has 5 rings (SSSR count). The Morgan fingerprint density at radius 1 is 1.07 bits per heavy atom. The Morgan fingerprint density at radius 2 is 1.78 bits per heavy atom. The number of nitrogens with one attached hydrogen (secondary N) is 2. The number of rotatable bonds is 14. The monoisotopic (exact) mass is 786 g/mol. The van der Waals surface area contributed by atoms with Crippen LogP contribution in [0.1, 0.15) is 97.4 Å². The van der Waals surface area contributed by atoms with Gasteiger partial charge in [0.15, 0.2) is 6.73 Å². The fourth-order valence-electron chi connectivity index (χ4n) is 6.61. The molecule has 4 N–H and O–H groups in total. The minimum atomic E-state index is -4.91. The fraction of sp³-hybridized carbons (Fsp3) is 0.559. The fourth-order valence-corrected chi connectivity index (χ4v) is 6.93. The van der Waals surface area contributed by atoms with E-state index in [0.717, 1.165) is 34.7 Å². The van der Waals surface area contributed by atoms with Gasteiger partial charge in [-0.1, -0.05) is 19.9 Å². The first kappa shape index (κ1) is 40.9. The second-order valence-corrected chi connectivity index (χ2v) is 15.3. The summed E-state index contributed by atoms with van der Waals surface area (Å²) in [6.45, 7) is 7.54. The van der Waals surface area contributed by atoms with Crippen molar-refractivity contribution in [3.63, 3.8) is 0 Å². The number of alkyl carbamates (subject to hydrolysis) is 1. The molecule has 0 spiro atoms. The maximum absolute atomic E-state index is 15.2. The van der Waals surface area contributed by atoms with Crippen molar-refractivity contribution in [2.75, 3.05) is 5.32 Å². The van der Waals surface area contributed by atoms with Gasteiger partial charge in [0.25, 0.3) is 5.91 Å². The zero-order chi connectivity index (χ0) is 39.7. The van der Waals surface area contributed by atoms with Gasteiger partial charge in [-0.3, -0.25) is 19.0 Å². The number of benzene rings is 1. The van der Waals surface area contributed by atoms with Crippen LogP contribution in [0.25, 0.3) is 0 Å². The van der Waals surface area contributed by atoms with E-state index in [4.69, 9.17) is 14.0 Å². The molecule has 54 heavy (non-hydrogen) atoms. The van der Waals surface area contributed by atoms with E-state index in [1.165, 1.54) is 17.8 Å². The predicted octanol–water partition coefficient (Wildman–Crippen LogP) is 5.84. The number of carbonyl (C=O) groups excluding carboxylic acids is 3. The lowest BCUT2D eigenvalue weighted by Gasteiger charge is -2.29. The number of hydrogen-bond donors (Lipinski definition) is 4. The number of carbonyl (C=O) groups is 3. The van der Waals surface area contributed by atoms with Gasteiger partial charge < -0.3 is 34.4 Å². The molecule has 296 valence electrons. The molecule has 3 unspecified atom stereocenters. The van der Waals surface area contributed by atoms with Crippen LogP contribution in [0, 0.1) is 13.8 Å². The zero-order valence-electron chi connectivity index (χ0n) is 30.5. The van der Waals surface area contributed by atoms with Crippen LogP contribution in [0.4, 0.5) is 28.2 Å². The quantitative estimate of drug-likeness (QED) is 0.0873. The summed E-state index contributed by atoms with van der Waals surface area (Å²) in [6.07, 6.45) is -6.77. The molecule has 2 saturated carbocycles. The highest BCUT2D eigenvalue weighted by atomic mass is 31.2. The summed E-state index contributed by atoms with van der Waals surface area (Å²) in [4.78, 5) is 58.2. The second kappa shape index (κ2) is 15.8. The average molecular weight is 787 g/mol. The van der Waals surface area contributed by atoms with Gasteiger partial charge in [0.1, 0.15) is 36.1 Å². The van der Waals surface area contributed by atoms with Crippen LogP contribution in [0.15, 0.2) is 24.3 Å². The molecule has 20 heteroatoms. The second-order valence-electron chi connectivity index (χ2n) is 14.6. The van der Waals surface area contributed by atoms with E-state index in [1.807, 2.05) is 19.9 Å². The van der Waals surface area contributed by atoms with Gasteiger partial charge in [-0.25, -0.2) is 13.9 Å². The first-order valence-corrected chi connectivity index (χ1v) is 18.2. The summed E-state index contributed by atoms with van der Waals surface area (Å²) in [7, 11) is -1.39. The summed E-state index contributed by atoms with van der Waals surface area (Å²) in [5, 5.41) is 13.7. The van der Waals surface area contributed by atoms with Crippen LogP contribution >= 0.6 is 8.60 Å². The standard InChI is InChI=1S/C34H43F4N6O9P/c1-18-9-19(2)29(26(10-18)53-54(48)49)32(3,4)15-28(45)50-17-44-27(39-30(46)24-13-21(41-43(24)6)16-51-34(36,37)38)14-23(42-44)20-11-22(35)25(12-20)52-31(47)40-33(5)7-8-33/h9-10,13-14,20,22,25,48-49H,7-8,11-12,15-17H2,1-6H3,(H,39,46)(H,40,47).